The molecule has 0 N–H and O–H groups in total. The molecule has 6 heteroatoms. The fourth-order valence-electron chi connectivity index (χ4n) is 2.89. The number of imidazole rings is 1. The summed E-state index contributed by atoms with van der Waals surface area (Å²) in [5, 5.41) is 4.07. The van der Waals surface area contributed by atoms with Crippen LogP contribution >= 0.6 is 0 Å². The summed E-state index contributed by atoms with van der Waals surface area (Å²) in [6.07, 6.45) is 4.59. The van der Waals surface area contributed by atoms with Crippen molar-refractivity contribution < 1.29 is 9.32 Å². The first-order valence-electron chi connectivity index (χ1n) is 8.30. The third-order valence-corrected chi connectivity index (χ3v) is 4.48. The van der Waals surface area contributed by atoms with E-state index in [-0.39, 0.29) is 5.91 Å². The Kier molecular flexibility index (Phi) is 3.80. The van der Waals surface area contributed by atoms with Crippen molar-refractivity contribution in [2.75, 3.05) is 7.05 Å². The van der Waals surface area contributed by atoms with Gasteiger partial charge in [-0.05, 0) is 25.0 Å². The lowest BCUT2D eigenvalue weighted by Crippen LogP contribution is -2.27. The molecule has 1 saturated carbocycles. The van der Waals surface area contributed by atoms with Gasteiger partial charge in [0.15, 0.2) is 0 Å². The highest BCUT2D eigenvalue weighted by Gasteiger charge is 2.28. The van der Waals surface area contributed by atoms with Crippen LogP contribution in [0.25, 0.3) is 11.0 Å². The number of aryl methyl sites for hydroxylation is 1. The summed E-state index contributed by atoms with van der Waals surface area (Å²) in [6, 6.07) is 9.92. The number of carbonyl (C=O) groups is 1. The van der Waals surface area contributed by atoms with Gasteiger partial charge < -0.3 is 14.0 Å². The Morgan fingerprint density at radius 1 is 1.38 bits per heavy atom. The molecule has 1 aliphatic rings. The van der Waals surface area contributed by atoms with Crippen molar-refractivity contribution in [3.63, 3.8) is 0 Å². The van der Waals surface area contributed by atoms with Gasteiger partial charge in [0.25, 0.3) is 0 Å². The molecule has 0 saturated heterocycles. The Bertz CT molecular complexity index is 863. The molecule has 6 nitrogen and oxygen atoms in total. The van der Waals surface area contributed by atoms with Crippen LogP contribution < -0.4 is 0 Å². The minimum absolute atomic E-state index is 0.0868. The number of benzene rings is 1. The van der Waals surface area contributed by atoms with Crippen molar-refractivity contribution >= 4 is 16.9 Å². The van der Waals surface area contributed by atoms with Crippen molar-refractivity contribution in [2.45, 2.75) is 38.3 Å². The van der Waals surface area contributed by atoms with E-state index in [0.717, 1.165) is 22.5 Å². The van der Waals surface area contributed by atoms with Gasteiger partial charge in [0.1, 0.15) is 11.5 Å². The van der Waals surface area contributed by atoms with Crippen LogP contribution in [0.3, 0.4) is 0 Å². The molecule has 124 valence electrons. The summed E-state index contributed by atoms with van der Waals surface area (Å²) < 4.78 is 7.35. The number of hydrogen-bond acceptors (Lipinski definition) is 4. The standard InChI is InChI=1S/C18H20N4O2/c1-21(11-14-10-17(24-20-14)13-6-7-13)18(23)8-9-22-12-19-15-4-2-3-5-16(15)22/h2-5,10,12-13H,6-9,11H2,1H3. The molecule has 1 amide bonds. The molecule has 0 atom stereocenters. The molecule has 1 fully saturated rings. The molecule has 0 bridgehead atoms. The quantitative estimate of drug-likeness (QED) is 0.699. The van der Waals surface area contributed by atoms with E-state index in [1.807, 2.05) is 34.9 Å². The van der Waals surface area contributed by atoms with Crippen LogP contribution in [-0.4, -0.2) is 32.6 Å². The molecule has 0 unspecified atom stereocenters. The fraction of sp³-hybridized carbons (Fsp3) is 0.389. The predicted molar refractivity (Wildman–Crippen MR) is 89.3 cm³/mol. The van der Waals surface area contributed by atoms with Crippen LogP contribution in [-0.2, 0) is 17.9 Å². The van der Waals surface area contributed by atoms with Gasteiger partial charge in [-0.25, -0.2) is 4.98 Å². The van der Waals surface area contributed by atoms with Crippen LogP contribution in [0.4, 0.5) is 0 Å². The van der Waals surface area contributed by atoms with Crippen molar-refractivity contribution in [2.24, 2.45) is 0 Å². The Hall–Kier alpha value is -2.63. The normalized spacial score (nSPS) is 14.2. The fourth-order valence-corrected chi connectivity index (χ4v) is 2.89. The second-order valence-corrected chi connectivity index (χ2v) is 6.42. The van der Waals surface area contributed by atoms with Crippen molar-refractivity contribution in [1.29, 1.82) is 0 Å². The third kappa shape index (κ3) is 3.04. The van der Waals surface area contributed by atoms with Crippen molar-refractivity contribution in [1.82, 2.24) is 19.6 Å². The monoisotopic (exact) mass is 324 g/mol. The van der Waals surface area contributed by atoms with E-state index in [9.17, 15) is 4.79 Å². The zero-order valence-electron chi connectivity index (χ0n) is 13.7. The molecule has 2 heterocycles. The second-order valence-electron chi connectivity index (χ2n) is 6.42. The molecule has 0 spiro atoms. The molecule has 2 aromatic heterocycles. The number of hydrogen-bond donors (Lipinski definition) is 0. The number of rotatable bonds is 6. The Morgan fingerprint density at radius 3 is 3.04 bits per heavy atom. The Labute approximate surface area is 140 Å². The van der Waals surface area contributed by atoms with E-state index < -0.39 is 0 Å². The maximum Gasteiger partial charge on any atom is 0.224 e. The van der Waals surface area contributed by atoms with Gasteiger partial charge in [-0.1, -0.05) is 17.3 Å². The van der Waals surface area contributed by atoms with E-state index in [0.29, 0.717) is 25.4 Å². The number of carbonyl (C=O) groups excluding carboxylic acids is 1. The molecular weight excluding hydrogens is 304 g/mol. The van der Waals surface area contributed by atoms with Gasteiger partial charge >= 0.3 is 0 Å². The molecule has 1 aliphatic carbocycles. The molecule has 1 aromatic carbocycles. The van der Waals surface area contributed by atoms with E-state index >= 15 is 0 Å². The number of para-hydroxylation sites is 2. The van der Waals surface area contributed by atoms with Gasteiger partial charge in [0.05, 0.1) is 23.9 Å². The summed E-state index contributed by atoms with van der Waals surface area (Å²) in [7, 11) is 1.81. The summed E-state index contributed by atoms with van der Waals surface area (Å²) in [4.78, 5) is 18.4. The Balaban J connectivity index is 1.34. The number of fused-ring (bicyclic) bond motifs is 1. The minimum atomic E-state index is 0.0868. The summed E-state index contributed by atoms with van der Waals surface area (Å²) in [6.45, 7) is 1.11. The maximum atomic E-state index is 12.4. The van der Waals surface area contributed by atoms with Gasteiger partial charge in [0, 0.05) is 32.0 Å². The average molecular weight is 324 g/mol. The summed E-state index contributed by atoms with van der Waals surface area (Å²) in [5.74, 6) is 1.58. The highest BCUT2D eigenvalue weighted by atomic mass is 16.5. The van der Waals surface area contributed by atoms with Gasteiger partial charge in [-0.2, -0.15) is 0 Å². The van der Waals surface area contributed by atoms with Gasteiger partial charge in [0.2, 0.25) is 5.91 Å². The highest BCUT2D eigenvalue weighted by Crippen LogP contribution is 2.40. The zero-order valence-corrected chi connectivity index (χ0v) is 13.7. The lowest BCUT2D eigenvalue weighted by atomic mass is 10.2. The predicted octanol–water partition coefficient (Wildman–Crippen LogP) is 2.95. The first-order chi connectivity index (χ1) is 11.7. The molecule has 0 aliphatic heterocycles. The number of nitrogens with zero attached hydrogens (tertiary/aromatic N) is 4. The smallest absolute Gasteiger partial charge is 0.224 e. The zero-order chi connectivity index (χ0) is 16.5. The molecular formula is C18H20N4O2. The molecule has 24 heavy (non-hydrogen) atoms. The van der Waals surface area contributed by atoms with Gasteiger partial charge in [-0.3, -0.25) is 4.79 Å². The van der Waals surface area contributed by atoms with Crippen molar-refractivity contribution in [3.8, 4) is 0 Å². The average Bonchev–Trinajstić information content (AvgIpc) is 3.21. The summed E-state index contributed by atoms with van der Waals surface area (Å²) >= 11 is 0. The second kappa shape index (κ2) is 6.11. The first-order valence-corrected chi connectivity index (χ1v) is 8.30. The lowest BCUT2D eigenvalue weighted by molar-refractivity contribution is -0.130. The molecule has 4 rings (SSSR count). The van der Waals surface area contributed by atoms with E-state index in [4.69, 9.17) is 4.52 Å². The van der Waals surface area contributed by atoms with Crippen LogP contribution in [0.2, 0.25) is 0 Å². The lowest BCUT2D eigenvalue weighted by Gasteiger charge is -2.15. The highest BCUT2D eigenvalue weighted by molar-refractivity contribution is 5.77. The number of aromatic nitrogens is 3. The van der Waals surface area contributed by atoms with Crippen LogP contribution in [0.5, 0.6) is 0 Å². The SMILES string of the molecule is CN(Cc1cc(C2CC2)on1)C(=O)CCn1cnc2ccccc21. The van der Waals surface area contributed by atoms with E-state index in [1.54, 1.807) is 18.3 Å². The maximum absolute atomic E-state index is 12.4. The van der Waals surface area contributed by atoms with Gasteiger partial charge in [-0.15, -0.1) is 0 Å². The topological polar surface area (TPSA) is 64.2 Å². The summed E-state index contributed by atoms with van der Waals surface area (Å²) in [5.41, 5.74) is 2.83. The third-order valence-electron chi connectivity index (χ3n) is 4.48. The molecule has 0 radical (unpaired) electrons. The first kappa shape index (κ1) is 14.9. The van der Waals surface area contributed by atoms with Crippen LogP contribution in [0.15, 0.2) is 41.2 Å². The van der Waals surface area contributed by atoms with E-state index in [1.165, 1.54) is 12.8 Å². The van der Waals surface area contributed by atoms with Crippen LogP contribution in [0, 0.1) is 0 Å². The largest absolute Gasteiger partial charge is 0.361 e. The Morgan fingerprint density at radius 2 is 2.21 bits per heavy atom. The van der Waals surface area contributed by atoms with Crippen molar-refractivity contribution in [3.05, 3.63) is 48.1 Å². The van der Waals surface area contributed by atoms with E-state index in [2.05, 4.69) is 10.1 Å². The molecule has 3 aromatic rings. The minimum Gasteiger partial charge on any atom is -0.361 e. The number of amides is 1. The van der Waals surface area contributed by atoms with Crippen LogP contribution in [0.1, 0.15) is 36.6 Å².